The van der Waals surface area contributed by atoms with Gasteiger partial charge in [0.2, 0.25) is 0 Å². The molecule has 88 valence electrons. The molecule has 0 aromatic heterocycles. The van der Waals surface area contributed by atoms with Crippen molar-refractivity contribution in [1.29, 1.82) is 0 Å². The molecule has 0 bridgehead atoms. The second-order valence-corrected chi connectivity index (χ2v) is 6.98. The molecule has 15 heavy (non-hydrogen) atoms. The number of hydrogen-bond donors (Lipinski definition) is 1. The first-order chi connectivity index (χ1) is 6.99. The maximum Gasteiger partial charge on any atom is 0.00927 e. The molecule has 0 aromatic carbocycles. The molecule has 1 heteroatoms. The summed E-state index contributed by atoms with van der Waals surface area (Å²) in [5.74, 6) is 3.24. The van der Waals surface area contributed by atoms with Crippen molar-refractivity contribution in [2.45, 2.75) is 58.9 Å². The van der Waals surface area contributed by atoms with Crippen molar-refractivity contribution in [3.63, 3.8) is 0 Å². The normalized spacial score (nSPS) is 36.4. The number of nitrogens with one attached hydrogen (secondary N) is 1. The molecule has 3 unspecified atom stereocenters. The van der Waals surface area contributed by atoms with Gasteiger partial charge in [0.25, 0.3) is 0 Å². The van der Waals surface area contributed by atoms with E-state index in [0.717, 1.165) is 23.8 Å². The second kappa shape index (κ2) is 4.08. The predicted molar refractivity (Wildman–Crippen MR) is 65.9 cm³/mol. The van der Waals surface area contributed by atoms with Gasteiger partial charge in [-0.3, -0.25) is 0 Å². The third kappa shape index (κ3) is 2.96. The number of hydrogen-bond acceptors (Lipinski definition) is 1. The lowest BCUT2D eigenvalue weighted by molar-refractivity contribution is 0.277. The topological polar surface area (TPSA) is 12.0 Å². The van der Waals surface area contributed by atoms with Gasteiger partial charge in [-0.1, -0.05) is 20.8 Å². The van der Waals surface area contributed by atoms with E-state index in [4.69, 9.17) is 0 Å². The van der Waals surface area contributed by atoms with Crippen molar-refractivity contribution in [2.75, 3.05) is 7.05 Å². The molecule has 0 spiro atoms. The summed E-state index contributed by atoms with van der Waals surface area (Å²) in [5, 5.41) is 3.56. The van der Waals surface area contributed by atoms with E-state index in [0.29, 0.717) is 5.41 Å². The molecule has 2 rings (SSSR count). The summed E-state index contributed by atoms with van der Waals surface area (Å²) < 4.78 is 0. The average Bonchev–Trinajstić information content (AvgIpc) is 2.73. The molecule has 1 N–H and O–H groups in total. The van der Waals surface area contributed by atoms with Crippen LogP contribution in [0.1, 0.15) is 52.9 Å². The minimum Gasteiger partial charge on any atom is -0.317 e. The molecular weight excluding hydrogens is 182 g/mol. The van der Waals surface area contributed by atoms with Crippen molar-refractivity contribution < 1.29 is 0 Å². The molecule has 3 atom stereocenters. The fourth-order valence-corrected chi connectivity index (χ4v) is 3.29. The zero-order chi connectivity index (χ0) is 11.1. The van der Waals surface area contributed by atoms with Crippen LogP contribution in [0.5, 0.6) is 0 Å². The number of rotatable bonds is 4. The quantitative estimate of drug-likeness (QED) is 0.748. The van der Waals surface area contributed by atoms with Crippen LogP contribution in [-0.4, -0.2) is 13.1 Å². The van der Waals surface area contributed by atoms with Gasteiger partial charge in [0, 0.05) is 6.04 Å². The first kappa shape index (κ1) is 11.4. The van der Waals surface area contributed by atoms with Crippen molar-refractivity contribution in [1.82, 2.24) is 5.32 Å². The summed E-state index contributed by atoms with van der Waals surface area (Å²) in [4.78, 5) is 0. The molecule has 0 aliphatic heterocycles. The van der Waals surface area contributed by atoms with Gasteiger partial charge in [-0.25, -0.2) is 0 Å². The predicted octanol–water partition coefficient (Wildman–Crippen LogP) is 3.45. The van der Waals surface area contributed by atoms with Crippen LogP contribution in [0.3, 0.4) is 0 Å². The van der Waals surface area contributed by atoms with Crippen LogP contribution in [0.15, 0.2) is 0 Å². The summed E-state index contributed by atoms with van der Waals surface area (Å²) in [6, 6.07) is 0.789. The summed E-state index contributed by atoms with van der Waals surface area (Å²) in [6.45, 7) is 7.06. The van der Waals surface area contributed by atoms with E-state index >= 15 is 0 Å². The number of fused-ring (bicyclic) bond motifs is 1. The van der Waals surface area contributed by atoms with Gasteiger partial charge in [0.05, 0.1) is 0 Å². The first-order valence-corrected chi connectivity index (χ1v) is 6.67. The summed E-state index contributed by atoms with van der Waals surface area (Å²) in [5.41, 5.74) is 0.497. The fraction of sp³-hybridized carbons (Fsp3) is 1.00. The standard InChI is InChI=1S/C14H27N/c1-14(2,3)6-5-13(15-4)12-8-10-7-11(10)9-12/h10-13,15H,5-9H2,1-4H3. The molecule has 2 fully saturated rings. The monoisotopic (exact) mass is 209 g/mol. The Balaban J connectivity index is 1.77. The Bertz CT molecular complexity index is 206. The Morgan fingerprint density at radius 2 is 1.73 bits per heavy atom. The van der Waals surface area contributed by atoms with Gasteiger partial charge in [-0.2, -0.15) is 0 Å². The van der Waals surface area contributed by atoms with Gasteiger partial charge >= 0.3 is 0 Å². The van der Waals surface area contributed by atoms with Crippen molar-refractivity contribution >= 4 is 0 Å². The average molecular weight is 209 g/mol. The zero-order valence-electron chi connectivity index (χ0n) is 10.8. The molecule has 1 nitrogen and oxygen atoms in total. The lowest BCUT2D eigenvalue weighted by atomic mass is 9.84. The third-order valence-electron chi connectivity index (χ3n) is 4.43. The zero-order valence-corrected chi connectivity index (χ0v) is 10.8. The van der Waals surface area contributed by atoms with E-state index in [1.165, 1.54) is 25.7 Å². The lowest BCUT2D eigenvalue weighted by Gasteiger charge is -2.28. The van der Waals surface area contributed by atoms with E-state index < -0.39 is 0 Å². The van der Waals surface area contributed by atoms with E-state index in [9.17, 15) is 0 Å². The van der Waals surface area contributed by atoms with E-state index in [-0.39, 0.29) is 0 Å². The third-order valence-corrected chi connectivity index (χ3v) is 4.43. The molecule has 0 heterocycles. The molecule has 2 aliphatic carbocycles. The maximum absolute atomic E-state index is 3.56. The Kier molecular flexibility index (Phi) is 3.12. The van der Waals surface area contributed by atoms with Crippen LogP contribution >= 0.6 is 0 Å². The molecule has 0 amide bonds. The first-order valence-electron chi connectivity index (χ1n) is 6.67. The SMILES string of the molecule is CNC(CCC(C)(C)C)C1CC2CC2C1. The van der Waals surface area contributed by atoms with E-state index in [2.05, 4.69) is 33.1 Å². The van der Waals surface area contributed by atoms with Crippen LogP contribution in [0.2, 0.25) is 0 Å². The van der Waals surface area contributed by atoms with Crippen LogP contribution in [-0.2, 0) is 0 Å². The van der Waals surface area contributed by atoms with Crippen molar-refractivity contribution in [2.24, 2.45) is 23.2 Å². The highest BCUT2D eigenvalue weighted by molar-refractivity contribution is 4.99. The van der Waals surface area contributed by atoms with E-state index in [1.54, 1.807) is 6.42 Å². The molecule has 0 radical (unpaired) electrons. The van der Waals surface area contributed by atoms with Gasteiger partial charge < -0.3 is 5.32 Å². The van der Waals surface area contributed by atoms with Gasteiger partial charge in [-0.05, 0) is 62.3 Å². The largest absolute Gasteiger partial charge is 0.317 e. The van der Waals surface area contributed by atoms with Gasteiger partial charge in [0.15, 0.2) is 0 Å². The van der Waals surface area contributed by atoms with Crippen LogP contribution in [0.25, 0.3) is 0 Å². The molecule has 2 saturated carbocycles. The summed E-state index contributed by atoms with van der Waals surface area (Å²) in [7, 11) is 2.15. The Morgan fingerprint density at radius 3 is 2.20 bits per heavy atom. The minimum atomic E-state index is 0.497. The second-order valence-electron chi connectivity index (χ2n) is 6.98. The van der Waals surface area contributed by atoms with Gasteiger partial charge in [-0.15, -0.1) is 0 Å². The Labute approximate surface area is 95.0 Å². The Morgan fingerprint density at radius 1 is 1.13 bits per heavy atom. The minimum absolute atomic E-state index is 0.497. The summed E-state index contributed by atoms with van der Waals surface area (Å²) >= 11 is 0. The van der Waals surface area contributed by atoms with Crippen molar-refractivity contribution in [3.8, 4) is 0 Å². The van der Waals surface area contributed by atoms with Crippen LogP contribution in [0.4, 0.5) is 0 Å². The molecule has 2 aliphatic rings. The highest BCUT2D eigenvalue weighted by Crippen LogP contribution is 2.55. The maximum atomic E-state index is 3.56. The highest BCUT2D eigenvalue weighted by Gasteiger charge is 2.47. The smallest absolute Gasteiger partial charge is 0.00927 e. The summed E-state index contributed by atoms with van der Waals surface area (Å²) in [6.07, 6.45) is 7.29. The molecule has 0 aromatic rings. The van der Waals surface area contributed by atoms with Crippen LogP contribution < -0.4 is 5.32 Å². The van der Waals surface area contributed by atoms with E-state index in [1.807, 2.05) is 0 Å². The van der Waals surface area contributed by atoms with Crippen molar-refractivity contribution in [3.05, 3.63) is 0 Å². The molecular formula is C14H27N. The highest BCUT2D eigenvalue weighted by atomic mass is 14.9. The fourth-order valence-electron chi connectivity index (χ4n) is 3.29. The van der Waals surface area contributed by atoms with Crippen LogP contribution in [0, 0.1) is 23.2 Å². The van der Waals surface area contributed by atoms with Gasteiger partial charge in [0.1, 0.15) is 0 Å². The lowest BCUT2D eigenvalue weighted by Crippen LogP contribution is -2.33. The Hall–Kier alpha value is -0.0400. The molecule has 0 saturated heterocycles.